The van der Waals surface area contributed by atoms with E-state index in [1.165, 1.54) is 0 Å². The quantitative estimate of drug-likeness (QED) is 0.501. The van der Waals surface area contributed by atoms with E-state index in [2.05, 4.69) is 4.98 Å². The van der Waals surface area contributed by atoms with Gasteiger partial charge in [0.15, 0.2) is 0 Å². The zero-order valence-corrected chi connectivity index (χ0v) is 17.1. The van der Waals surface area contributed by atoms with Crippen LogP contribution < -0.4 is 10.5 Å². The number of carbonyl (C=O) groups is 1. The van der Waals surface area contributed by atoms with Crippen LogP contribution in [0, 0.1) is 6.92 Å². The molecule has 0 bridgehead atoms. The molecular formula is C25H23N3O2. The van der Waals surface area contributed by atoms with Crippen molar-refractivity contribution < 1.29 is 4.79 Å². The van der Waals surface area contributed by atoms with Gasteiger partial charge in [0, 0.05) is 23.8 Å². The topological polar surface area (TPSA) is 55.2 Å². The van der Waals surface area contributed by atoms with Gasteiger partial charge in [0.1, 0.15) is 11.2 Å². The van der Waals surface area contributed by atoms with Crippen molar-refractivity contribution in [2.24, 2.45) is 0 Å². The summed E-state index contributed by atoms with van der Waals surface area (Å²) in [5.41, 5.74) is 3.20. The number of benzene rings is 2. The first-order chi connectivity index (χ1) is 14.6. The van der Waals surface area contributed by atoms with E-state index in [9.17, 15) is 9.59 Å². The van der Waals surface area contributed by atoms with Crippen LogP contribution in [0.15, 0.2) is 83.8 Å². The number of pyridine rings is 2. The third kappa shape index (κ3) is 3.74. The number of hydrogen-bond acceptors (Lipinski definition) is 3. The van der Waals surface area contributed by atoms with Gasteiger partial charge in [-0.3, -0.25) is 14.2 Å². The maximum atomic E-state index is 13.4. The number of rotatable bonds is 5. The Bertz CT molecular complexity index is 1260. The number of carbonyl (C=O) groups excluding carboxylic acids is 1. The Balaban J connectivity index is 1.85. The van der Waals surface area contributed by atoms with Gasteiger partial charge in [-0.2, -0.15) is 0 Å². The third-order valence-electron chi connectivity index (χ3n) is 5.14. The van der Waals surface area contributed by atoms with Gasteiger partial charge >= 0.3 is 0 Å². The number of fused-ring (bicyclic) bond motifs is 1. The predicted molar refractivity (Wildman–Crippen MR) is 120 cm³/mol. The average molecular weight is 397 g/mol. The number of aryl methyl sites for hydroxylation is 1. The molecule has 0 fully saturated rings. The van der Waals surface area contributed by atoms with Crippen LogP contribution in [0.1, 0.15) is 28.4 Å². The molecule has 0 atom stereocenters. The second-order valence-electron chi connectivity index (χ2n) is 7.24. The molecule has 2 heterocycles. The Labute approximate surface area is 175 Å². The Hall–Kier alpha value is -3.73. The second-order valence-corrected chi connectivity index (χ2v) is 7.24. The molecule has 30 heavy (non-hydrogen) atoms. The number of hydrogen-bond donors (Lipinski definition) is 0. The molecule has 0 spiro atoms. The number of nitrogens with zero attached hydrogens (tertiary/aromatic N) is 3. The van der Waals surface area contributed by atoms with Crippen molar-refractivity contribution in [3.63, 3.8) is 0 Å². The summed E-state index contributed by atoms with van der Waals surface area (Å²) in [6, 6.07) is 22.8. The van der Waals surface area contributed by atoms with E-state index >= 15 is 0 Å². The largest absolute Gasteiger partial charge is 0.308 e. The first-order valence-electron chi connectivity index (χ1n) is 9.99. The van der Waals surface area contributed by atoms with Crippen LogP contribution >= 0.6 is 0 Å². The normalized spacial score (nSPS) is 10.9. The highest BCUT2D eigenvalue weighted by atomic mass is 16.2. The van der Waals surface area contributed by atoms with E-state index in [-0.39, 0.29) is 17.0 Å². The molecule has 4 rings (SSSR count). The Morgan fingerprint density at radius 2 is 1.80 bits per heavy atom. The minimum atomic E-state index is -0.332. The molecular weight excluding hydrogens is 374 g/mol. The van der Waals surface area contributed by atoms with E-state index in [1.54, 1.807) is 21.7 Å². The van der Waals surface area contributed by atoms with Gasteiger partial charge in [0.05, 0.1) is 6.54 Å². The van der Waals surface area contributed by atoms with Gasteiger partial charge in [-0.1, -0.05) is 42.5 Å². The van der Waals surface area contributed by atoms with E-state index in [4.69, 9.17) is 0 Å². The summed E-state index contributed by atoms with van der Waals surface area (Å²) >= 11 is 0. The van der Waals surface area contributed by atoms with Crippen molar-refractivity contribution in [1.29, 1.82) is 0 Å². The van der Waals surface area contributed by atoms with Crippen LogP contribution in [0.5, 0.6) is 0 Å². The van der Waals surface area contributed by atoms with Crippen molar-refractivity contribution >= 4 is 22.6 Å². The van der Waals surface area contributed by atoms with Crippen LogP contribution in [0.3, 0.4) is 0 Å². The molecule has 2 aromatic carbocycles. The number of anilines is 1. The molecule has 0 saturated carbocycles. The lowest BCUT2D eigenvalue weighted by Crippen LogP contribution is -2.37. The summed E-state index contributed by atoms with van der Waals surface area (Å²) in [7, 11) is 0. The molecule has 4 aromatic rings. The molecule has 0 aliphatic heterocycles. The lowest BCUT2D eigenvalue weighted by molar-refractivity contribution is 0.0986. The maximum absolute atomic E-state index is 13.4. The van der Waals surface area contributed by atoms with Crippen LogP contribution in [0.4, 0.5) is 5.69 Å². The third-order valence-corrected chi connectivity index (χ3v) is 5.14. The summed E-state index contributed by atoms with van der Waals surface area (Å²) in [6.07, 6.45) is 1.66. The minimum Gasteiger partial charge on any atom is -0.308 e. The van der Waals surface area contributed by atoms with Gasteiger partial charge in [0.2, 0.25) is 0 Å². The van der Waals surface area contributed by atoms with Crippen LogP contribution in [0.25, 0.3) is 11.0 Å². The van der Waals surface area contributed by atoms with Crippen molar-refractivity contribution in [2.75, 3.05) is 11.4 Å². The van der Waals surface area contributed by atoms with Crippen LogP contribution in [-0.2, 0) is 6.54 Å². The van der Waals surface area contributed by atoms with Crippen molar-refractivity contribution in [3.05, 3.63) is 106 Å². The molecule has 0 saturated heterocycles. The van der Waals surface area contributed by atoms with Gasteiger partial charge in [-0.25, -0.2) is 4.98 Å². The zero-order valence-electron chi connectivity index (χ0n) is 17.1. The fraction of sp³-hybridized carbons (Fsp3) is 0.160. The lowest BCUT2D eigenvalue weighted by atomic mass is 10.1. The van der Waals surface area contributed by atoms with Gasteiger partial charge < -0.3 is 4.90 Å². The van der Waals surface area contributed by atoms with E-state index in [0.29, 0.717) is 18.7 Å². The Morgan fingerprint density at radius 1 is 1.00 bits per heavy atom. The molecule has 2 aromatic heterocycles. The van der Waals surface area contributed by atoms with Gasteiger partial charge in [-0.15, -0.1) is 0 Å². The molecule has 0 radical (unpaired) electrons. The van der Waals surface area contributed by atoms with E-state index in [0.717, 1.165) is 22.2 Å². The van der Waals surface area contributed by atoms with Crippen LogP contribution in [-0.4, -0.2) is 22.0 Å². The maximum Gasteiger partial charge on any atom is 0.265 e. The lowest BCUT2D eigenvalue weighted by Gasteiger charge is -2.22. The summed E-state index contributed by atoms with van der Waals surface area (Å²) < 4.78 is 1.59. The first kappa shape index (κ1) is 19.6. The monoisotopic (exact) mass is 397 g/mol. The van der Waals surface area contributed by atoms with Crippen LogP contribution in [0.2, 0.25) is 0 Å². The summed E-state index contributed by atoms with van der Waals surface area (Å²) in [5, 5.41) is 0.761. The number of amides is 1. The highest BCUT2D eigenvalue weighted by molar-refractivity contribution is 6.07. The molecule has 0 N–H and O–H groups in total. The summed E-state index contributed by atoms with van der Waals surface area (Å²) in [6.45, 7) is 4.71. The van der Waals surface area contributed by atoms with Crippen molar-refractivity contribution in [3.8, 4) is 0 Å². The molecule has 0 unspecified atom stereocenters. The summed E-state index contributed by atoms with van der Waals surface area (Å²) in [4.78, 5) is 32.9. The molecule has 1 amide bonds. The highest BCUT2D eigenvalue weighted by Crippen LogP contribution is 2.20. The zero-order chi connectivity index (χ0) is 21.1. The fourth-order valence-corrected chi connectivity index (χ4v) is 3.66. The molecule has 5 heteroatoms. The fourth-order valence-electron chi connectivity index (χ4n) is 3.66. The molecule has 5 nitrogen and oxygen atoms in total. The average Bonchev–Trinajstić information content (AvgIpc) is 2.77. The Kier molecular flexibility index (Phi) is 5.44. The Morgan fingerprint density at radius 3 is 2.53 bits per heavy atom. The van der Waals surface area contributed by atoms with E-state index in [1.807, 2.05) is 80.6 Å². The highest BCUT2D eigenvalue weighted by Gasteiger charge is 2.22. The van der Waals surface area contributed by atoms with Gasteiger partial charge in [0.25, 0.3) is 11.5 Å². The minimum absolute atomic E-state index is 0.148. The molecule has 150 valence electrons. The van der Waals surface area contributed by atoms with E-state index < -0.39 is 0 Å². The van der Waals surface area contributed by atoms with Crippen molar-refractivity contribution in [1.82, 2.24) is 9.55 Å². The predicted octanol–water partition coefficient (Wildman–Crippen LogP) is 4.42. The standard InChI is InChI=1S/C25H23N3O2/c1-3-27(21-13-7-9-18(2)15-21)24(29)22-16-20-12-8-14-26-23(20)28(25(22)30)17-19-10-5-4-6-11-19/h4-16H,3,17H2,1-2H3. The second kappa shape index (κ2) is 8.33. The molecule has 0 aliphatic rings. The number of aromatic nitrogens is 2. The van der Waals surface area contributed by atoms with Crippen molar-refractivity contribution in [2.45, 2.75) is 20.4 Å². The SMILES string of the molecule is CCN(C(=O)c1cc2cccnc2n(Cc2ccccc2)c1=O)c1cccc(C)c1. The summed E-state index contributed by atoms with van der Waals surface area (Å²) in [5.74, 6) is -0.305. The smallest absolute Gasteiger partial charge is 0.265 e. The molecule has 0 aliphatic carbocycles. The van der Waals surface area contributed by atoms with Gasteiger partial charge in [-0.05, 0) is 55.3 Å². The first-order valence-corrected chi connectivity index (χ1v) is 9.99.